The molecule has 7 heteroatoms. The molecule has 3 rings (SSSR count). The van der Waals surface area contributed by atoms with Crippen molar-refractivity contribution in [1.82, 2.24) is 9.62 Å². The molecule has 1 saturated heterocycles. The van der Waals surface area contributed by atoms with Crippen molar-refractivity contribution in [3.63, 3.8) is 0 Å². The zero-order valence-electron chi connectivity index (χ0n) is 17.2. The molecule has 0 atom stereocenters. The van der Waals surface area contributed by atoms with Gasteiger partial charge in [0.25, 0.3) is 0 Å². The highest BCUT2D eigenvalue weighted by Gasteiger charge is 2.29. The molecule has 0 bridgehead atoms. The number of nitrogens with zero attached hydrogens (tertiary/aromatic N) is 1. The number of piperidine rings is 1. The third-order valence-corrected chi connectivity index (χ3v) is 6.67. The van der Waals surface area contributed by atoms with Gasteiger partial charge in [0.05, 0.1) is 6.54 Å². The normalized spacial score (nSPS) is 15.9. The lowest BCUT2D eigenvalue weighted by atomic mass is 9.97. The number of nitrogens with one attached hydrogen (secondary N) is 1. The zero-order chi connectivity index (χ0) is 21.4. The molecule has 6 nitrogen and oxygen atoms in total. The van der Waals surface area contributed by atoms with Crippen LogP contribution in [0.2, 0.25) is 0 Å². The van der Waals surface area contributed by atoms with Crippen molar-refractivity contribution in [3.05, 3.63) is 71.1 Å². The minimum atomic E-state index is -3.48. The highest BCUT2D eigenvalue weighted by Crippen LogP contribution is 2.21. The van der Waals surface area contributed by atoms with E-state index in [0.29, 0.717) is 39.1 Å². The van der Waals surface area contributed by atoms with Gasteiger partial charge in [0.15, 0.2) is 0 Å². The monoisotopic (exact) mass is 428 g/mol. The molecule has 1 heterocycles. The Morgan fingerprint density at radius 3 is 2.43 bits per heavy atom. The molecular formula is C23H28N2O4S. The van der Waals surface area contributed by atoms with Crippen molar-refractivity contribution in [3.8, 4) is 5.75 Å². The maximum absolute atomic E-state index is 12.5. The summed E-state index contributed by atoms with van der Waals surface area (Å²) in [5.74, 6) is 0.560. The molecule has 0 saturated carbocycles. The third kappa shape index (κ3) is 6.43. The molecule has 0 unspecified atom stereocenters. The molecule has 2 aromatic rings. The van der Waals surface area contributed by atoms with Crippen LogP contribution in [-0.4, -0.2) is 44.9 Å². The fourth-order valence-corrected chi connectivity index (χ4v) is 4.53. The Hall–Kier alpha value is -2.64. The van der Waals surface area contributed by atoms with Crippen LogP contribution in [0.15, 0.2) is 60.0 Å². The summed E-state index contributed by atoms with van der Waals surface area (Å²) in [7, 11) is -3.48. The first-order chi connectivity index (χ1) is 14.4. The molecule has 1 N–H and O–H groups in total. The van der Waals surface area contributed by atoms with E-state index in [0.717, 1.165) is 11.3 Å². The molecule has 0 radical (unpaired) electrons. The Kier molecular flexibility index (Phi) is 7.65. The number of carbonyl (C=O) groups excluding carboxylic acids is 1. The first-order valence-electron chi connectivity index (χ1n) is 10.1. The molecule has 1 amide bonds. The molecule has 2 aromatic carbocycles. The molecule has 1 fully saturated rings. The van der Waals surface area contributed by atoms with Gasteiger partial charge in [0.1, 0.15) is 12.4 Å². The predicted molar refractivity (Wildman–Crippen MR) is 118 cm³/mol. The van der Waals surface area contributed by atoms with Gasteiger partial charge in [-0.3, -0.25) is 4.79 Å². The van der Waals surface area contributed by atoms with Gasteiger partial charge < -0.3 is 10.1 Å². The number of ether oxygens (including phenoxy) is 1. The summed E-state index contributed by atoms with van der Waals surface area (Å²) in [5, 5.41) is 4.13. The van der Waals surface area contributed by atoms with Gasteiger partial charge in [-0.2, -0.15) is 4.31 Å². The average molecular weight is 429 g/mol. The first kappa shape index (κ1) is 22.1. The molecule has 0 aromatic heterocycles. The molecule has 30 heavy (non-hydrogen) atoms. The predicted octanol–water partition coefficient (Wildman–Crippen LogP) is 3.20. The van der Waals surface area contributed by atoms with Crippen molar-refractivity contribution < 1.29 is 17.9 Å². The maximum Gasteiger partial charge on any atom is 0.236 e. The average Bonchev–Trinajstić information content (AvgIpc) is 2.77. The lowest BCUT2D eigenvalue weighted by Gasteiger charge is -2.29. The fraction of sp³-hybridized carbons (Fsp3) is 0.348. The Morgan fingerprint density at radius 1 is 1.10 bits per heavy atom. The Bertz CT molecular complexity index is 948. The number of hydrogen-bond acceptors (Lipinski definition) is 4. The van der Waals surface area contributed by atoms with Crippen LogP contribution >= 0.6 is 0 Å². The van der Waals surface area contributed by atoms with E-state index in [1.807, 2.05) is 61.5 Å². The second-order valence-corrected chi connectivity index (χ2v) is 9.20. The van der Waals surface area contributed by atoms with Gasteiger partial charge in [-0.1, -0.05) is 48.0 Å². The quantitative estimate of drug-likeness (QED) is 0.655. The fourth-order valence-electron chi connectivity index (χ4n) is 3.31. The van der Waals surface area contributed by atoms with Crippen molar-refractivity contribution >= 4 is 22.0 Å². The van der Waals surface area contributed by atoms with Crippen LogP contribution in [0.1, 0.15) is 24.0 Å². The molecule has 1 aliphatic rings. The number of rotatable bonds is 8. The van der Waals surface area contributed by atoms with Crippen LogP contribution in [0, 0.1) is 12.8 Å². The molecule has 1 aliphatic heterocycles. The Balaban J connectivity index is 1.40. The summed E-state index contributed by atoms with van der Waals surface area (Å²) < 4.78 is 32.1. The zero-order valence-corrected chi connectivity index (χ0v) is 18.0. The number of sulfonamides is 1. The molecule has 0 spiro atoms. The van der Waals surface area contributed by atoms with Crippen LogP contribution in [-0.2, 0) is 14.8 Å². The second kappa shape index (κ2) is 10.4. The summed E-state index contributed by atoms with van der Waals surface area (Å²) in [6.07, 6.45) is 2.63. The van der Waals surface area contributed by atoms with Gasteiger partial charge in [-0.05, 0) is 43.5 Å². The van der Waals surface area contributed by atoms with Gasteiger partial charge >= 0.3 is 0 Å². The SMILES string of the molecule is Cc1ccc(OCCNC(=O)C2CCN(S(=O)(=O)/C=C/c3ccccc3)CC2)cc1. The Labute approximate surface area is 178 Å². The molecule has 0 aliphatic carbocycles. The van der Waals surface area contributed by atoms with Crippen molar-refractivity contribution in [2.24, 2.45) is 5.92 Å². The third-order valence-electron chi connectivity index (χ3n) is 5.11. The van der Waals surface area contributed by atoms with Crippen molar-refractivity contribution in [1.29, 1.82) is 0 Å². The van der Waals surface area contributed by atoms with E-state index in [2.05, 4.69) is 5.32 Å². The van der Waals surface area contributed by atoms with E-state index in [1.54, 1.807) is 6.08 Å². The van der Waals surface area contributed by atoms with Crippen LogP contribution in [0.4, 0.5) is 0 Å². The number of benzene rings is 2. The largest absolute Gasteiger partial charge is 0.492 e. The first-order valence-corrected chi connectivity index (χ1v) is 11.6. The topological polar surface area (TPSA) is 75.7 Å². The lowest BCUT2D eigenvalue weighted by molar-refractivity contribution is -0.126. The highest BCUT2D eigenvalue weighted by molar-refractivity contribution is 7.92. The lowest BCUT2D eigenvalue weighted by Crippen LogP contribution is -2.43. The summed E-state index contributed by atoms with van der Waals surface area (Å²) in [6, 6.07) is 17.1. The van der Waals surface area contributed by atoms with Crippen LogP contribution < -0.4 is 10.1 Å². The van der Waals surface area contributed by atoms with Crippen LogP contribution in [0.5, 0.6) is 5.75 Å². The molecular weight excluding hydrogens is 400 g/mol. The van der Waals surface area contributed by atoms with Crippen LogP contribution in [0.3, 0.4) is 0 Å². The summed E-state index contributed by atoms with van der Waals surface area (Å²) in [6.45, 7) is 3.52. The van der Waals surface area contributed by atoms with E-state index < -0.39 is 10.0 Å². The molecule has 160 valence electrons. The van der Waals surface area contributed by atoms with E-state index >= 15 is 0 Å². The standard InChI is InChI=1S/C23H28N2O4S/c1-19-7-9-22(10-8-19)29-17-14-24-23(26)21-11-15-25(16-12-21)30(27,28)18-13-20-5-3-2-4-6-20/h2-10,13,18,21H,11-12,14-17H2,1H3,(H,24,26)/b18-13+. The van der Waals surface area contributed by atoms with Crippen molar-refractivity contribution in [2.45, 2.75) is 19.8 Å². The summed E-state index contributed by atoms with van der Waals surface area (Å²) >= 11 is 0. The van der Waals surface area contributed by atoms with Crippen molar-refractivity contribution in [2.75, 3.05) is 26.2 Å². The number of carbonyl (C=O) groups is 1. The van der Waals surface area contributed by atoms with Gasteiger partial charge in [0, 0.05) is 24.4 Å². The Morgan fingerprint density at radius 2 is 1.77 bits per heavy atom. The van der Waals surface area contributed by atoms with Gasteiger partial charge in [-0.25, -0.2) is 8.42 Å². The van der Waals surface area contributed by atoms with E-state index in [1.165, 1.54) is 15.3 Å². The summed E-state index contributed by atoms with van der Waals surface area (Å²) in [5.41, 5.74) is 2.00. The second-order valence-electron chi connectivity index (χ2n) is 7.38. The summed E-state index contributed by atoms with van der Waals surface area (Å²) in [4.78, 5) is 12.4. The van der Waals surface area contributed by atoms with E-state index in [9.17, 15) is 13.2 Å². The van der Waals surface area contributed by atoms with Gasteiger partial charge in [0.2, 0.25) is 15.9 Å². The minimum absolute atomic E-state index is 0.0422. The minimum Gasteiger partial charge on any atom is -0.492 e. The van der Waals surface area contributed by atoms with E-state index in [4.69, 9.17) is 4.74 Å². The van der Waals surface area contributed by atoms with Crippen LogP contribution in [0.25, 0.3) is 6.08 Å². The maximum atomic E-state index is 12.5. The van der Waals surface area contributed by atoms with Gasteiger partial charge in [-0.15, -0.1) is 0 Å². The number of amides is 1. The highest BCUT2D eigenvalue weighted by atomic mass is 32.2. The number of aryl methyl sites for hydroxylation is 1. The smallest absolute Gasteiger partial charge is 0.236 e. The van der Waals surface area contributed by atoms with E-state index in [-0.39, 0.29) is 11.8 Å². The number of hydrogen-bond donors (Lipinski definition) is 1.